The second-order valence-corrected chi connectivity index (χ2v) is 4.35. The molecule has 19 heavy (non-hydrogen) atoms. The van der Waals surface area contributed by atoms with E-state index >= 15 is 0 Å². The van der Waals surface area contributed by atoms with Crippen LogP contribution < -0.4 is 10.1 Å². The molecule has 0 unspecified atom stereocenters. The van der Waals surface area contributed by atoms with Crippen molar-refractivity contribution in [1.82, 2.24) is 5.32 Å². The smallest absolute Gasteiger partial charge is 0.146 e. The Morgan fingerprint density at radius 1 is 1.32 bits per heavy atom. The van der Waals surface area contributed by atoms with Gasteiger partial charge >= 0.3 is 0 Å². The molecule has 1 heterocycles. The number of aryl methyl sites for hydroxylation is 1. The molecular formula is C15H18FNO2. The standard InChI is InChI=1S/C15H18FNO2/c1-3-17-9-12-6-7-18-15(12)10-19-14-8-13(16)5-4-11(14)2/h4-8,17H,3,9-10H2,1-2H3. The number of nitrogens with one attached hydrogen (secondary N) is 1. The van der Waals surface area contributed by atoms with Crippen LogP contribution in [-0.2, 0) is 13.2 Å². The van der Waals surface area contributed by atoms with Gasteiger partial charge in [-0.25, -0.2) is 4.39 Å². The molecule has 102 valence electrons. The number of rotatable bonds is 6. The van der Waals surface area contributed by atoms with Gasteiger partial charge in [-0.2, -0.15) is 0 Å². The van der Waals surface area contributed by atoms with Crippen LogP contribution in [0.2, 0.25) is 0 Å². The van der Waals surface area contributed by atoms with Crippen LogP contribution in [-0.4, -0.2) is 6.54 Å². The van der Waals surface area contributed by atoms with E-state index in [4.69, 9.17) is 9.15 Å². The van der Waals surface area contributed by atoms with Crippen molar-refractivity contribution in [3.05, 3.63) is 53.2 Å². The van der Waals surface area contributed by atoms with E-state index in [0.29, 0.717) is 12.4 Å². The SMILES string of the molecule is CCNCc1ccoc1COc1cc(F)ccc1C. The summed E-state index contributed by atoms with van der Waals surface area (Å²) in [4.78, 5) is 0. The van der Waals surface area contributed by atoms with Gasteiger partial charge in [0, 0.05) is 18.2 Å². The summed E-state index contributed by atoms with van der Waals surface area (Å²) in [6.45, 7) is 5.88. The third-order valence-corrected chi connectivity index (χ3v) is 2.91. The molecule has 0 atom stereocenters. The normalized spacial score (nSPS) is 10.7. The van der Waals surface area contributed by atoms with Crippen LogP contribution in [0.15, 0.2) is 34.9 Å². The van der Waals surface area contributed by atoms with Crippen molar-refractivity contribution >= 4 is 0 Å². The number of furan rings is 1. The molecule has 1 aromatic carbocycles. The fraction of sp³-hybridized carbons (Fsp3) is 0.333. The Kier molecular flexibility index (Phi) is 4.58. The van der Waals surface area contributed by atoms with Crippen LogP contribution in [0, 0.1) is 12.7 Å². The number of halogens is 1. The number of benzene rings is 1. The van der Waals surface area contributed by atoms with E-state index in [9.17, 15) is 4.39 Å². The highest BCUT2D eigenvalue weighted by molar-refractivity contribution is 5.33. The Morgan fingerprint density at radius 2 is 2.16 bits per heavy atom. The first kappa shape index (κ1) is 13.6. The molecular weight excluding hydrogens is 245 g/mol. The maximum Gasteiger partial charge on any atom is 0.146 e. The molecule has 0 spiro atoms. The van der Waals surface area contributed by atoms with E-state index in [1.807, 2.05) is 19.9 Å². The third kappa shape index (κ3) is 3.58. The van der Waals surface area contributed by atoms with Crippen LogP contribution in [0.25, 0.3) is 0 Å². The molecule has 0 aliphatic carbocycles. The molecule has 0 aliphatic heterocycles. The zero-order valence-corrected chi connectivity index (χ0v) is 11.2. The first-order chi connectivity index (χ1) is 9.20. The van der Waals surface area contributed by atoms with Crippen molar-refractivity contribution in [1.29, 1.82) is 0 Å². The average Bonchev–Trinajstić information content (AvgIpc) is 2.85. The molecule has 1 N–H and O–H groups in total. The van der Waals surface area contributed by atoms with E-state index in [1.165, 1.54) is 12.1 Å². The number of ether oxygens (including phenoxy) is 1. The van der Waals surface area contributed by atoms with Gasteiger partial charge in [0.25, 0.3) is 0 Å². The third-order valence-electron chi connectivity index (χ3n) is 2.91. The number of hydrogen-bond acceptors (Lipinski definition) is 3. The molecule has 0 saturated carbocycles. The molecule has 0 aliphatic rings. The molecule has 0 radical (unpaired) electrons. The Labute approximate surface area is 112 Å². The predicted molar refractivity (Wildman–Crippen MR) is 71.6 cm³/mol. The van der Waals surface area contributed by atoms with Crippen LogP contribution in [0.3, 0.4) is 0 Å². The molecule has 2 aromatic rings. The van der Waals surface area contributed by atoms with Gasteiger partial charge in [0.05, 0.1) is 6.26 Å². The van der Waals surface area contributed by atoms with Gasteiger partial charge in [-0.15, -0.1) is 0 Å². The van der Waals surface area contributed by atoms with Gasteiger partial charge in [-0.05, 0) is 31.2 Å². The van der Waals surface area contributed by atoms with Crippen LogP contribution in [0.1, 0.15) is 23.8 Å². The first-order valence-corrected chi connectivity index (χ1v) is 6.35. The summed E-state index contributed by atoms with van der Waals surface area (Å²) in [5, 5.41) is 3.23. The molecule has 2 rings (SSSR count). The van der Waals surface area contributed by atoms with Gasteiger partial charge in [0.2, 0.25) is 0 Å². The monoisotopic (exact) mass is 263 g/mol. The molecule has 0 bridgehead atoms. The second kappa shape index (κ2) is 6.38. The van der Waals surface area contributed by atoms with Crippen LogP contribution >= 0.6 is 0 Å². The summed E-state index contributed by atoms with van der Waals surface area (Å²) in [6.07, 6.45) is 1.64. The van der Waals surface area contributed by atoms with Gasteiger partial charge in [0.15, 0.2) is 0 Å². The van der Waals surface area contributed by atoms with E-state index in [0.717, 1.165) is 30.0 Å². The fourth-order valence-electron chi connectivity index (χ4n) is 1.78. The summed E-state index contributed by atoms with van der Waals surface area (Å²) in [7, 11) is 0. The molecule has 0 amide bonds. The van der Waals surface area contributed by atoms with Crippen molar-refractivity contribution in [3.63, 3.8) is 0 Å². The lowest BCUT2D eigenvalue weighted by molar-refractivity contribution is 0.265. The summed E-state index contributed by atoms with van der Waals surface area (Å²) >= 11 is 0. The molecule has 0 fully saturated rings. The zero-order valence-electron chi connectivity index (χ0n) is 11.2. The minimum Gasteiger partial charge on any atom is -0.485 e. The Bertz CT molecular complexity index is 537. The van der Waals surface area contributed by atoms with Crippen LogP contribution in [0.5, 0.6) is 5.75 Å². The average molecular weight is 263 g/mol. The van der Waals surface area contributed by atoms with Crippen molar-refractivity contribution in [2.24, 2.45) is 0 Å². The van der Waals surface area contributed by atoms with Crippen molar-refractivity contribution in [2.75, 3.05) is 6.54 Å². The highest BCUT2D eigenvalue weighted by Gasteiger charge is 2.08. The van der Waals surface area contributed by atoms with Gasteiger partial charge < -0.3 is 14.5 Å². The predicted octanol–water partition coefficient (Wildman–Crippen LogP) is 3.42. The Morgan fingerprint density at radius 3 is 2.95 bits per heavy atom. The van der Waals surface area contributed by atoms with E-state index in [2.05, 4.69) is 5.32 Å². The maximum atomic E-state index is 13.1. The highest BCUT2D eigenvalue weighted by Crippen LogP contribution is 2.21. The van der Waals surface area contributed by atoms with Crippen LogP contribution in [0.4, 0.5) is 4.39 Å². The molecule has 3 nitrogen and oxygen atoms in total. The second-order valence-electron chi connectivity index (χ2n) is 4.35. The van der Waals surface area contributed by atoms with Crippen molar-refractivity contribution in [3.8, 4) is 5.75 Å². The first-order valence-electron chi connectivity index (χ1n) is 6.35. The lowest BCUT2D eigenvalue weighted by atomic mass is 10.2. The van der Waals surface area contributed by atoms with Gasteiger partial charge in [-0.1, -0.05) is 13.0 Å². The van der Waals surface area contributed by atoms with Gasteiger partial charge in [-0.3, -0.25) is 0 Å². The summed E-state index contributed by atoms with van der Waals surface area (Å²) < 4.78 is 24.2. The lowest BCUT2D eigenvalue weighted by Gasteiger charge is -2.09. The fourth-order valence-corrected chi connectivity index (χ4v) is 1.78. The topological polar surface area (TPSA) is 34.4 Å². The molecule has 0 saturated heterocycles. The zero-order chi connectivity index (χ0) is 13.7. The lowest BCUT2D eigenvalue weighted by Crippen LogP contribution is -2.12. The summed E-state index contributed by atoms with van der Waals surface area (Å²) in [5.74, 6) is 1.02. The Balaban J connectivity index is 2.02. The summed E-state index contributed by atoms with van der Waals surface area (Å²) in [5.41, 5.74) is 1.97. The van der Waals surface area contributed by atoms with E-state index in [-0.39, 0.29) is 5.82 Å². The van der Waals surface area contributed by atoms with Crippen molar-refractivity contribution in [2.45, 2.75) is 27.0 Å². The highest BCUT2D eigenvalue weighted by atomic mass is 19.1. The minimum absolute atomic E-state index is 0.298. The molecule has 4 heteroatoms. The summed E-state index contributed by atoms with van der Waals surface area (Å²) in [6, 6.07) is 6.43. The largest absolute Gasteiger partial charge is 0.485 e. The van der Waals surface area contributed by atoms with Crippen molar-refractivity contribution < 1.29 is 13.5 Å². The quantitative estimate of drug-likeness (QED) is 0.867. The molecule has 1 aromatic heterocycles. The van der Waals surface area contributed by atoms with E-state index < -0.39 is 0 Å². The van der Waals surface area contributed by atoms with E-state index in [1.54, 1.807) is 12.3 Å². The Hall–Kier alpha value is -1.81. The van der Waals surface area contributed by atoms with Gasteiger partial charge in [0.1, 0.15) is 23.9 Å². The maximum absolute atomic E-state index is 13.1. The number of hydrogen-bond donors (Lipinski definition) is 1. The minimum atomic E-state index is -0.298.